The van der Waals surface area contributed by atoms with Gasteiger partial charge in [0.25, 0.3) is 0 Å². The lowest BCUT2D eigenvalue weighted by atomic mass is 9.47. The summed E-state index contributed by atoms with van der Waals surface area (Å²) >= 11 is 0. The molecule has 81 heavy (non-hydrogen) atoms. The molecule has 4 aliphatic carbocycles. The molecule has 10 aliphatic rings. The molecule has 25 nitrogen and oxygen atoms in total. The zero-order valence-electron chi connectivity index (χ0n) is 46.8. The van der Waals surface area contributed by atoms with E-state index in [0.717, 1.165) is 51.6 Å². The van der Waals surface area contributed by atoms with Gasteiger partial charge in [0.1, 0.15) is 97.7 Å². The molecular formula is C56H92O25. The number of hydrogen-bond donors (Lipinski definition) is 14. The van der Waals surface area contributed by atoms with Gasteiger partial charge in [-0.1, -0.05) is 39.3 Å². The van der Waals surface area contributed by atoms with Crippen LogP contribution in [0.25, 0.3) is 0 Å². The Labute approximate surface area is 471 Å². The molecule has 0 amide bonds. The summed E-state index contributed by atoms with van der Waals surface area (Å²) in [7, 11) is 0. The molecular weight excluding hydrogens is 1070 g/mol. The van der Waals surface area contributed by atoms with Crippen molar-refractivity contribution in [3.8, 4) is 0 Å². The fourth-order valence-corrected chi connectivity index (χ4v) is 16.3. The molecule has 466 valence electrons. The maximum Gasteiger partial charge on any atom is 0.187 e. The highest BCUT2D eigenvalue weighted by Crippen LogP contribution is 2.70. The van der Waals surface area contributed by atoms with Crippen LogP contribution in [0.5, 0.6) is 0 Å². The van der Waals surface area contributed by atoms with E-state index in [1.165, 1.54) is 18.4 Å². The molecule has 3 saturated carbocycles. The Morgan fingerprint density at radius 3 is 1.63 bits per heavy atom. The molecule has 6 saturated heterocycles. The monoisotopic (exact) mass is 1160 g/mol. The first kappa shape index (κ1) is 62.8. The SMILES string of the molecule is C[C@@H]1CC[C@@]2(OC1)O[C@H]1CC3C4CC=C5C[C@@H](OCCC(CO[C@@H]6OC(CO)[C@@H](O[C@H]7OC(CO)[C@@H](O)C(O)[C@@H]7O)C(O)[C@@H]6O)CO[C@@H]6OC(CO)[C@@H](O[C@H]7OC(CO)[C@@H](O)C(O)[C@@H]7O)C(O)[C@@H]6O)CC[C@]5(C)C4CC[C@]3(C)[C@H]1[C@@H]2C. The predicted octanol–water partition coefficient (Wildman–Crippen LogP) is -2.97. The number of rotatable bonds is 18. The van der Waals surface area contributed by atoms with Crippen LogP contribution in [0.1, 0.15) is 91.9 Å². The number of fused-ring (bicyclic) bond motifs is 7. The normalized spacial score (nSPS) is 53.1. The highest BCUT2D eigenvalue weighted by Gasteiger charge is 2.69. The summed E-state index contributed by atoms with van der Waals surface area (Å²) in [6, 6.07) is 0. The standard InChI is InChI=1S/C56H92O25/c1-24-7-13-56(74-21-24)25(2)37-32(81-56)16-31-29-6-5-27-15-28(8-11-54(27,3)30(29)9-12-55(31,37)4)71-14-10-26(22-72-50-46(69)42(65)48(35(19-59)77-50)79-52-44(67)40(63)38(61)33(17-57)75-52)23-73-51-47(70)43(66)49(36(20-60)78-51)80-53-45(68)41(64)39(62)34(18-58)76-53/h5,24-26,28-53,57-70H,6-23H2,1-4H3/t24-,25+,26?,28+,29?,30?,31?,32+,33?,34?,35?,36?,37+,38-,39-,40?,41?,42?,43?,44+,45+,46+,47+,48-,49-,50-,51-,52-,53-,54+,55+,56-/m1/s1. The number of aliphatic hydroxyl groups is 14. The minimum atomic E-state index is -1.86. The molecule has 11 unspecified atom stereocenters. The van der Waals surface area contributed by atoms with Crippen LogP contribution >= 0.6 is 0 Å². The first-order valence-corrected chi connectivity index (χ1v) is 29.6. The van der Waals surface area contributed by atoms with Crippen molar-refractivity contribution in [2.45, 2.75) is 233 Å². The van der Waals surface area contributed by atoms with Gasteiger partial charge in [-0.3, -0.25) is 0 Å². The van der Waals surface area contributed by atoms with Crippen molar-refractivity contribution in [3.63, 3.8) is 0 Å². The zero-order valence-corrected chi connectivity index (χ0v) is 46.8. The van der Waals surface area contributed by atoms with Gasteiger partial charge in [-0.2, -0.15) is 0 Å². The molecule has 10 rings (SSSR count). The predicted molar refractivity (Wildman–Crippen MR) is 274 cm³/mol. The molecule has 0 aromatic heterocycles. The van der Waals surface area contributed by atoms with Gasteiger partial charge >= 0.3 is 0 Å². The summed E-state index contributed by atoms with van der Waals surface area (Å²) in [5, 5.41) is 148. The van der Waals surface area contributed by atoms with Crippen molar-refractivity contribution >= 4 is 0 Å². The average Bonchev–Trinajstić information content (AvgIpc) is 3.70. The van der Waals surface area contributed by atoms with Crippen LogP contribution < -0.4 is 0 Å². The highest BCUT2D eigenvalue weighted by molar-refractivity contribution is 5.26. The Hall–Kier alpha value is -1.26. The van der Waals surface area contributed by atoms with Crippen LogP contribution in [-0.4, -0.2) is 265 Å². The van der Waals surface area contributed by atoms with Crippen molar-refractivity contribution in [1.82, 2.24) is 0 Å². The van der Waals surface area contributed by atoms with Crippen LogP contribution in [0, 0.1) is 52.3 Å². The minimum absolute atomic E-state index is 0.0374. The number of ether oxygens (including phenoxy) is 11. The Kier molecular flexibility index (Phi) is 19.7. The summed E-state index contributed by atoms with van der Waals surface area (Å²) in [4.78, 5) is 0. The van der Waals surface area contributed by atoms with Crippen molar-refractivity contribution in [1.29, 1.82) is 0 Å². The largest absolute Gasteiger partial charge is 0.394 e. The zero-order chi connectivity index (χ0) is 58.0. The second kappa shape index (κ2) is 25.5. The van der Waals surface area contributed by atoms with Crippen LogP contribution in [0.3, 0.4) is 0 Å². The lowest BCUT2D eigenvalue weighted by Gasteiger charge is -2.58. The molecule has 31 atom stereocenters. The van der Waals surface area contributed by atoms with E-state index in [1.54, 1.807) is 0 Å². The third-order valence-electron chi connectivity index (χ3n) is 21.1. The molecule has 1 spiro atoms. The van der Waals surface area contributed by atoms with E-state index in [0.29, 0.717) is 35.5 Å². The van der Waals surface area contributed by atoms with Gasteiger partial charge < -0.3 is 124 Å². The lowest BCUT2D eigenvalue weighted by Crippen LogP contribution is -2.65. The van der Waals surface area contributed by atoms with Crippen LogP contribution in [0.4, 0.5) is 0 Å². The molecule has 0 radical (unpaired) electrons. The molecule has 0 aromatic rings. The number of hydrogen-bond acceptors (Lipinski definition) is 25. The molecule has 6 heterocycles. The fraction of sp³-hybridized carbons (Fsp3) is 0.964. The topological polar surface area (TPSA) is 385 Å². The first-order chi connectivity index (χ1) is 38.6. The second-order valence-corrected chi connectivity index (χ2v) is 25.8. The van der Waals surface area contributed by atoms with Crippen LogP contribution in [0.2, 0.25) is 0 Å². The van der Waals surface area contributed by atoms with Gasteiger partial charge in [0.15, 0.2) is 30.9 Å². The van der Waals surface area contributed by atoms with E-state index >= 15 is 0 Å². The third kappa shape index (κ3) is 11.7. The Morgan fingerprint density at radius 2 is 1.11 bits per heavy atom. The first-order valence-electron chi connectivity index (χ1n) is 29.6. The maximum atomic E-state index is 11.3. The van der Waals surface area contributed by atoms with E-state index < -0.39 is 161 Å². The van der Waals surface area contributed by atoms with Gasteiger partial charge in [-0.05, 0) is 98.2 Å². The smallest absolute Gasteiger partial charge is 0.187 e. The van der Waals surface area contributed by atoms with E-state index in [1.807, 2.05) is 0 Å². The summed E-state index contributed by atoms with van der Waals surface area (Å²) < 4.78 is 66.5. The van der Waals surface area contributed by atoms with Crippen molar-refractivity contribution < 1.29 is 124 Å². The van der Waals surface area contributed by atoms with Gasteiger partial charge in [0.2, 0.25) is 0 Å². The summed E-state index contributed by atoms with van der Waals surface area (Å²) in [6.07, 6.45) is -21.3. The lowest BCUT2D eigenvalue weighted by molar-refractivity contribution is -0.363. The molecule has 14 N–H and O–H groups in total. The van der Waals surface area contributed by atoms with Gasteiger partial charge in [0.05, 0.1) is 58.5 Å². The van der Waals surface area contributed by atoms with Crippen molar-refractivity contribution in [3.05, 3.63) is 11.6 Å². The fourth-order valence-electron chi connectivity index (χ4n) is 16.3. The van der Waals surface area contributed by atoms with Gasteiger partial charge in [-0.25, -0.2) is 0 Å². The van der Waals surface area contributed by atoms with Gasteiger partial charge in [-0.15, -0.1) is 0 Å². The summed E-state index contributed by atoms with van der Waals surface area (Å²) in [5.41, 5.74) is 1.66. The number of allylic oxidation sites excluding steroid dienone is 1. The van der Waals surface area contributed by atoms with E-state index in [9.17, 15) is 71.5 Å². The Balaban J connectivity index is 0.784. The summed E-state index contributed by atoms with van der Waals surface area (Å²) in [5.74, 6) is 1.99. The van der Waals surface area contributed by atoms with Gasteiger partial charge in [0, 0.05) is 24.9 Å². The van der Waals surface area contributed by atoms with E-state index in [-0.39, 0.29) is 49.3 Å². The molecule has 9 fully saturated rings. The molecule has 25 heteroatoms. The third-order valence-corrected chi connectivity index (χ3v) is 21.1. The van der Waals surface area contributed by atoms with E-state index in [4.69, 9.17) is 52.1 Å². The summed E-state index contributed by atoms with van der Waals surface area (Å²) in [6.45, 7) is 7.00. The second-order valence-electron chi connectivity index (χ2n) is 25.8. The van der Waals surface area contributed by atoms with Crippen LogP contribution in [0.15, 0.2) is 11.6 Å². The van der Waals surface area contributed by atoms with Crippen LogP contribution in [-0.2, 0) is 52.1 Å². The molecule has 6 aliphatic heterocycles. The minimum Gasteiger partial charge on any atom is -0.394 e. The average molecular weight is 1170 g/mol. The Morgan fingerprint density at radius 1 is 0.580 bits per heavy atom. The van der Waals surface area contributed by atoms with Crippen molar-refractivity contribution in [2.24, 2.45) is 52.3 Å². The molecule has 0 bridgehead atoms. The van der Waals surface area contributed by atoms with E-state index in [2.05, 4.69) is 33.8 Å². The quantitative estimate of drug-likeness (QED) is 0.0609. The number of aliphatic hydroxyl groups excluding tert-OH is 14. The Bertz CT molecular complexity index is 2000. The van der Waals surface area contributed by atoms with Crippen molar-refractivity contribution in [2.75, 3.05) is 52.9 Å². The maximum absolute atomic E-state index is 11.3. The molecule has 0 aromatic carbocycles. The highest BCUT2D eigenvalue weighted by atomic mass is 16.8.